The van der Waals surface area contributed by atoms with E-state index < -0.39 is 11.4 Å². The Labute approximate surface area is 124 Å². The van der Waals surface area contributed by atoms with Gasteiger partial charge in [0.2, 0.25) is 5.43 Å². The summed E-state index contributed by atoms with van der Waals surface area (Å²) < 4.78 is 6.89. The van der Waals surface area contributed by atoms with E-state index in [9.17, 15) is 9.59 Å². The first-order chi connectivity index (χ1) is 10.6. The number of hydrogen-bond donors (Lipinski definition) is 2. The van der Waals surface area contributed by atoms with Crippen LogP contribution in [0.2, 0.25) is 0 Å². The second-order valence-corrected chi connectivity index (χ2v) is 4.80. The van der Waals surface area contributed by atoms with Gasteiger partial charge in [0.15, 0.2) is 0 Å². The molecule has 0 aliphatic carbocycles. The minimum Gasteiger partial charge on any atom is -0.477 e. The summed E-state index contributed by atoms with van der Waals surface area (Å²) in [6.07, 6.45) is 2.81. The molecule has 0 atom stereocenters. The second-order valence-electron chi connectivity index (χ2n) is 4.80. The molecule has 2 aromatic heterocycles. The van der Waals surface area contributed by atoms with Crippen molar-refractivity contribution in [3.8, 4) is 11.3 Å². The predicted octanol–water partition coefficient (Wildman–Crippen LogP) is 1.95. The summed E-state index contributed by atoms with van der Waals surface area (Å²) in [5.41, 5.74) is 0.471. The van der Waals surface area contributed by atoms with E-state index in [1.54, 1.807) is 41.2 Å². The van der Waals surface area contributed by atoms with E-state index in [1.807, 2.05) is 0 Å². The summed E-state index contributed by atoms with van der Waals surface area (Å²) in [6.45, 7) is 0.0284. The van der Waals surface area contributed by atoms with Crippen molar-refractivity contribution in [3.63, 3.8) is 0 Å². The van der Waals surface area contributed by atoms with Crippen molar-refractivity contribution in [1.82, 2.24) is 4.57 Å². The molecule has 22 heavy (non-hydrogen) atoms. The number of aliphatic hydroxyl groups is 1. The van der Waals surface area contributed by atoms with Gasteiger partial charge in [-0.15, -0.1) is 0 Å². The first kappa shape index (κ1) is 14.1. The van der Waals surface area contributed by atoms with Crippen molar-refractivity contribution in [2.24, 2.45) is 0 Å². The zero-order valence-electron chi connectivity index (χ0n) is 11.5. The molecule has 3 rings (SSSR count). The van der Waals surface area contributed by atoms with Crippen molar-refractivity contribution >= 4 is 16.9 Å². The third-order valence-corrected chi connectivity index (χ3v) is 3.46. The maximum Gasteiger partial charge on any atom is 0.341 e. The van der Waals surface area contributed by atoms with Crippen LogP contribution in [0.25, 0.3) is 22.2 Å². The molecule has 0 amide bonds. The van der Waals surface area contributed by atoms with Crippen LogP contribution in [-0.2, 0) is 6.54 Å². The van der Waals surface area contributed by atoms with Crippen molar-refractivity contribution in [2.75, 3.05) is 6.61 Å². The molecule has 0 fully saturated rings. The Morgan fingerprint density at radius 3 is 2.73 bits per heavy atom. The fourth-order valence-electron chi connectivity index (χ4n) is 2.43. The van der Waals surface area contributed by atoms with Crippen molar-refractivity contribution < 1.29 is 19.4 Å². The number of carbonyl (C=O) groups is 1. The Bertz CT molecular complexity index is 893. The van der Waals surface area contributed by atoms with Gasteiger partial charge in [-0.3, -0.25) is 4.79 Å². The molecule has 6 heteroatoms. The van der Waals surface area contributed by atoms with Gasteiger partial charge in [-0.2, -0.15) is 0 Å². The molecule has 0 spiro atoms. The van der Waals surface area contributed by atoms with Crippen LogP contribution in [0.1, 0.15) is 10.4 Å². The van der Waals surface area contributed by atoms with Crippen LogP contribution in [0.5, 0.6) is 0 Å². The molecule has 0 unspecified atom stereocenters. The number of nitrogens with zero attached hydrogens (tertiary/aromatic N) is 1. The van der Waals surface area contributed by atoms with Crippen LogP contribution in [0.15, 0.2) is 52.0 Å². The van der Waals surface area contributed by atoms with Crippen LogP contribution in [0.3, 0.4) is 0 Å². The summed E-state index contributed by atoms with van der Waals surface area (Å²) in [6, 6.07) is 8.58. The molecule has 112 valence electrons. The number of rotatable bonds is 4. The van der Waals surface area contributed by atoms with E-state index in [0.717, 1.165) is 5.56 Å². The van der Waals surface area contributed by atoms with Gasteiger partial charge in [-0.1, -0.05) is 6.07 Å². The number of benzene rings is 1. The number of aromatic nitrogens is 1. The number of aliphatic hydroxyl groups excluding tert-OH is 1. The first-order valence-electron chi connectivity index (χ1n) is 6.67. The highest BCUT2D eigenvalue weighted by Gasteiger charge is 2.15. The normalized spacial score (nSPS) is 11.0. The lowest BCUT2D eigenvalue weighted by Crippen LogP contribution is -2.19. The number of fused-ring (bicyclic) bond motifs is 1. The molecule has 0 bridgehead atoms. The summed E-state index contributed by atoms with van der Waals surface area (Å²) in [5.74, 6) is -0.638. The fourth-order valence-corrected chi connectivity index (χ4v) is 2.43. The molecule has 1 aromatic carbocycles. The van der Waals surface area contributed by atoms with E-state index >= 15 is 0 Å². The summed E-state index contributed by atoms with van der Waals surface area (Å²) in [5, 5.41) is 18.6. The predicted molar refractivity (Wildman–Crippen MR) is 80.0 cm³/mol. The molecule has 0 radical (unpaired) electrons. The van der Waals surface area contributed by atoms with Gasteiger partial charge in [0.1, 0.15) is 11.3 Å². The number of carboxylic acids is 1. The lowest BCUT2D eigenvalue weighted by molar-refractivity contribution is 0.0694. The molecule has 2 N–H and O–H groups in total. The third-order valence-electron chi connectivity index (χ3n) is 3.46. The second kappa shape index (κ2) is 5.50. The largest absolute Gasteiger partial charge is 0.477 e. The maximum absolute atomic E-state index is 12.2. The van der Waals surface area contributed by atoms with Crippen LogP contribution in [0.4, 0.5) is 0 Å². The van der Waals surface area contributed by atoms with Crippen LogP contribution in [0, 0.1) is 0 Å². The van der Waals surface area contributed by atoms with Gasteiger partial charge in [0.05, 0.1) is 18.4 Å². The lowest BCUT2D eigenvalue weighted by atomic mass is 10.1. The highest BCUT2D eigenvalue weighted by Crippen LogP contribution is 2.24. The third kappa shape index (κ3) is 2.29. The molecule has 0 aliphatic heterocycles. The van der Waals surface area contributed by atoms with Gasteiger partial charge < -0.3 is 19.2 Å². The standard InChI is InChI=1S/C16H13NO5/c18-6-5-17-9-12(16(20)21)15(19)11-4-3-10(8-13(11)17)14-2-1-7-22-14/h1-4,7-9,18H,5-6H2,(H,20,21). The SMILES string of the molecule is O=C(O)c1cn(CCO)c2cc(-c3ccco3)ccc2c1=O. The quantitative estimate of drug-likeness (QED) is 0.768. The zero-order valence-corrected chi connectivity index (χ0v) is 11.5. The van der Waals surface area contributed by atoms with E-state index in [1.165, 1.54) is 6.20 Å². The number of pyridine rings is 1. The summed E-state index contributed by atoms with van der Waals surface area (Å²) in [7, 11) is 0. The molecule has 0 saturated carbocycles. The van der Waals surface area contributed by atoms with Gasteiger partial charge in [-0.05, 0) is 24.3 Å². The number of hydrogen-bond acceptors (Lipinski definition) is 4. The molecule has 6 nitrogen and oxygen atoms in total. The zero-order chi connectivity index (χ0) is 15.7. The summed E-state index contributed by atoms with van der Waals surface area (Å²) >= 11 is 0. The topological polar surface area (TPSA) is 92.7 Å². The van der Waals surface area contributed by atoms with Gasteiger partial charge >= 0.3 is 5.97 Å². The Morgan fingerprint density at radius 2 is 2.09 bits per heavy atom. The van der Waals surface area contributed by atoms with Crippen LogP contribution >= 0.6 is 0 Å². The minimum atomic E-state index is -1.28. The monoisotopic (exact) mass is 299 g/mol. The Balaban J connectivity index is 2.31. The van der Waals surface area contributed by atoms with Crippen molar-refractivity contribution in [1.29, 1.82) is 0 Å². The molecular formula is C16H13NO5. The molecule has 2 heterocycles. The number of carboxylic acid groups (broad SMARTS) is 1. The van der Waals surface area contributed by atoms with E-state index in [0.29, 0.717) is 16.7 Å². The highest BCUT2D eigenvalue weighted by molar-refractivity contribution is 5.93. The van der Waals surface area contributed by atoms with Gasteiger partial charge in [0, 0.05) is 23.7 Å². The Hall–Kier alpha value is -2.86. The van der Waals surface area contributed by atoms with Crippen molar-refractivity contribution in [2.45, 2.75) is 6.54 Å². The van der Waals surface area contributed by atoms with E-state index in [4.69, 9.17) is 14.6 Å². The van der Waals surface area contributed by atoms with E-state index in [-0.39, 0.29) is 18.7 Å². The molecule has 0 aliphatic rings. The molecule has 0 saturated heterocycles. The number of aromatic carboxylic acids is 1. The average molecular weight is 299 g/mol. The Morgan fingerprint density at radius 1 is 1.27 bits per heavy atom. The van der Waals surface area contributed by atoms with Gasteiger partial charge in [-0.25, -0.2) is 4.79 Å². The minimum absolute atomic E-state index is 0.165. The van der Waals surface area contributed by atoms with E-state index in [2.05, 4.69) is 0 Å². The van der Waals surface area contributed by atoms with Crippen molar-refractivity contribution in [3.05, 3.63) is 58.6 Å². The molecule has 3 aromatic rings. The molecular weight excluding hydrogens is 286 g/mol. The maximum atomic E-state index is 12.2. The summed E-state index contributed by atoms with van der Waals surface area (Å²) in [4.78, 5) is 23.4. The average Bonchev–Trinajstić information content (AvgIpc) is 3.04. The van der Waals surface area contributed by atoms with Crippen LogP contribution in [-0.4, -0.2) is 27.4 Å². The lowest BCUT2D eigenvalue weighted by Gasteiger charge is -2.12. The highest BCUT2D eigenvalue weighted by atomic mass is 16.4. The van der Waals surface area contributed by atoms with Crippen LogP contribution < -0.4 is 5.43 Å². The number of furan rings is 1. The smallest absolute Gasteiger partial charge is 0.341 e. The first-order valence-corrected chi connectivity index (χ1v) is 6.67. The fraction of sp³-hybridized carbons (Fsp3) is 0.125. The Kier molecular flexibility index (Phi) is 3.52. The van der Waals surface area contributed by atoms with Gasteiger partial charge in [0.25, 0.3) is 0 Å².